The van der Waals surface area contributed by atoms with E-state index in [0.29, 0.717) is 30.3 Å². The van der Waals surface area contributed by atoms with Crippen molar-refractivity contribution in [2.24, 2.45) is 5.92 Å². The number of hydrogen-bond donors (Lipinski definition) is 1. The summed E-state index contributed by atoms with van der Waals surface area (Å²) >= 11 is 0. The van der Waals surface area contributed by atoms with Gasteiger partial charge in [0.25, 0.3) is 11.8 Å². The Kier molecular flexibility index (Phi) is 7.40. The second-order valence-corrected chi connectivity index (χ2v) is 8.24. The summed E-state index contributed by atoms with van der Waals surface area (Å²) in [4.78, 5) is 23.7. The Morgan fingerprint density at radius 1 is 1.00 bits per heavy atom. The maximum absolute atomic E-state index is 12.5. The molecule has 0 bridgehead atoms. The molecule has 0 atom stereocenters. The van der Waals surface area contributed by atoms with Gasteiger partial charge in [-0.15, -0.1) is 0 Å². The number of carbonyl (C=O) groups is 1. The van der Waals surface area contributed by atoms with Gasteiger partial charge in [-0.25, -0.2) is 9.97 Å². The molecule has 7 heteroatoms. The van der Waals surface area contributed by atoms with Crippen LogP contribution in [0.1, 0.15) is 42.6 Å². The van der Waals surface area contributed by atoms with Crippen LogP contribution in [0.3, 0.4) is 0 Å². The van der Waals surface area contributed by atoms with E-state index in [2.05, 4.69) is 27.1 Å². The van der Waals surface area contributed by atoms with Crippen molar-refractivity contribution < 1.29 is 14.3 Å². The van der Waals surface area contributed by atoms with Crippen molar-refractivity contribution in [2.45, 2.75) is 33.2 Å². The highest BCUT2D eigenvalue weighted by Crippen LogP contribution is 2.30. The zero-order valence-electron chi connectivity index (χ0n) is 19.2. The first-order valence-electron chi connectivity index (χ1n) is 11.5. The van der Waals surface area contributed by atoms with Gasteiger partial charge in [0.2, 0.25) is 0 Å². The fourth-order valence-electron chi connectivity index (χ4n) is 3.77. The molecule has 1 aliphatic heterocycles. The molecule has 4 rings (SSSR count). The minimum Gasteiger partial charge on any atom is -0.494 e. The summed E-state index contributed by atoms with van der Waals surface area (Å²) < 4.78 is 11.5. The minimum absolute atomic E-state index is 0.141. The van der Waals surface area contributed by atoms with Crippen LogP contribution < -0.4 is 19.7 Å². The fourth-order valence-corrected chi connectivity index (χ4v) is 3.77. The smallest absolute Gasteiger partial charge is 0.263 e. The van der Waals surface area contributed by atoms with E-state index in [1.54, 1.807) is 36.7 Å². The van der Waals surface area contributed by atoms with Crippen molar-refractivity contribution in [3.8, 4) is 17.4 Å². The Morgan fingerprint density at radius 2 is 1.67 bits per heavy atom. The number of rotatable bonds is 8. The van der Waals surface area contributed by atoms with Gasteiger partial charge in [0, 0.05) is 37.6 Å². The average molecular weight is 447 g/mol. The van der Waals surface area contributed by atoms with Crippen molar-refractivity contribution in [2.75, 3.05) is 24.6 Å². The van der Waals surface area contributed by atoms with Gasteiger partial charge >= 0.3 is 0 Å². The van der Waals surface area contributed by atoms with Crippen molar-refractivity contribution in [1.29, 1.82) is 0 Å². The third-order valence-electron chi connectivity index (χ3n) is 5.75. The van der Waals surface area contributed by atoms with E-state index in [-0.39, 0.29) is 5.91 Å². The molecule has 2 heterocycles. The van der Waals surface area contributed by atoms with Gasteiger partial charge in [0.05, 0.1) is 6.61 Å². The number of hydrogen-bond acceptors (Lipinski definition) is 6. The van der Waals surface area contributed by atoms with Crippen LogP contribution in [0.4, 0.5) is 5.82 Å². The normalized spacial score (nSPS) is 14.1. The highest BCUT2D eigenvalue weighted by atomic mass is 16.5. The van der Waals surface area contributed by atoms with Gasteiger partial charge in [-0.1, -0.05) is 19.1 Å². The molecule has 0 aliphatic carbocycles. The molecular weight excluding hydrogens is 416 g/mol. The van der Waals surface area contributed by atoms with E-state index in [1.807, 2.05) is 31.2 Å². The van der Waals surface area contributed by atoms with Gasteiger partial charge in [-0.3, -0.25) is 4.79 Å². The molecule has 1 fully saturated rings. The Labute approximate surface area is 194 Å². The Bertz CT molecular complexity index is 1050. The zero-order valence-corrected chi connectivity index (χ0v) is 19.2. The predicted molar refractivity (Wildman–Crippen MR) is 128 cm³/mol. The van der Waals surface area contributed by atoms with Crippen LogP contribution in [0.5, 0.6) is 17.4 Å². The molecule has 1 amide bonds. The number of anilines is 1. The summed E-state index contributed by atoms with van der Waals surface area (Å²) in [6.07, 6.45) is 5.60. The second kappa shape index (κ2) is 10.8. The Hall–Kier alpha value is -3.61. The molecule has 3 aromatic rings. The first-order chi connectivity index (χ1) is 16.1. The van der Waals surface area contributed by atoms with Crippen LogP contribution in [-0.2, 0) is 6.54 Å². The molecule has 1 aliphatic rings. The minimum atomic E-state index is -0.141. The highest BCUT2D eigenvalue weighted by molar-refractivity contribution is 5.94. The number of nitrogens with one attached hydrogen (secondary N) is 1. The lowest BCUT2D eigenvalue weighted by atomic mass is 9.99. The van der Waals surface area contributed by atoms with Crippen LogP contribution in [0.25, 0.3) is 0 Å². The molecule has 0 unspecified atom stereocenters. The third kappa shape index (κ3) is 6.00. The molecule has 33 heavy (non-hydrogen) atoms. The summed E-state index contributed by atoms with van der Waals surface area (Å²) in [7, 11) is 0. The largest absolute Gasteiger partial charge is 0.494 e. The lowest BCUT2D eigenvalue weighted by Crippen LogP contribution is -2.33. The van der Waals surface area contributed by atoms with Gasteiger partial charge in [-0.2, -0.15) is 0 Å². The lowest BCUT2D eigenvalue weighted by molar-refractivity contribution is 0.0951. The number of aromatic nitrogens is 2. The molecule has 2 aromatic carbocycles. The van der Waals surface area contributed by atoms with Crippen molar-refractivity contribution in [3.05, 3.63) is 72.1 Å². The van der Waals surface area contributed by atoms with E-state index >= 15 is 0 Å². The van der Waals surface area contributed by atoms with Crippen LogP contribution in [0.2, 0.25) is 0 Å². The summed E-state index contributed by atoms with van der Waals surface area (Å²) in [5.41, 5.74) is 1.58. The van der Waals surface area contributed by atoms with Crippen LogP contribution >= 0.6 is 0 Å². The number of carbonyl (C=O) groups excluding carboxylic acids is 1. The van der Waals surface area contributed by atoms with E-state index in [0.717, 1.165) is 49.0 Å². The Morgan fingerprint density at radius 3 is 2.36 bits per heavy atom. The predicted octanol–water partition coefficient (Wildman–Crippen LogP) is 4.83. The molecule has 1 saturated heterocycles. The van der Waals surface area contributed by atoms with Crippen molar-refractivity contribution in [3.63, 3.8) is 0 Å². The average Bonchev–Trinajstić information content (AvgIpc) is 2.85. The second-order valence-electron chi connectivity index (χ2n) is 8.24. The molecule has 0 radical (unpaired) electrons. The zero-order chi connectivity index (χ0) is 23.0. The lowest BCUT2D eigenvalue weighted by Gasteiger charge is -2.31. The number of benzene rings is 2. The van der Waals surface area contributed by atoms with Crippen molar-refractivity contribution >= 4 is 11.7 Å². The van der Waals surface area contributed by atoms with Gasteiger partial charge < -0.3 is 19.7 Å². The Balaban J connectivity index is 1.35. The topological polar surface area (TPSA) is 76.6 Å². The van der Waals surface area contributed by atoms with Crippen LogP contribution in [-0.4, -0.2) is 35.6 Å². The van der Waals surface area contributed by atoms with Crippen LogP contribution in [0, 0.1) is 5.92 Å². The molecular formula is C26H30N4O3. The number of ether oxygens (including phenoxy) is 2. The van der Waals surface area contributed by atoms with Gasteiger partial charge in [0.1, 0.15) is 11.5 Å². The molecule has 0 spiro atoms. The third-order valence-corrected chi connectivity index (χ3v) is 5.75. The first kappa shape index (κ1) is 22.6. The standard InChI is InChI=1S/C26H30N4O3/c1-3-32-22-8-4-20(5-9-22)18-29-25(31)21-6-10-23(11-7-21)33-26-24(27-14-15-28-26)30-16-12-19(2)13-17-30/h4-11,14-15,19H,3,12-13,16-18H2,1-2H3,(H,29,31). The maximum atomic E-state index is 12.5. The fraction of sp³-hybridized carbons (Fsp3) is 0.346. The van der Waals surface area contributed by atoms with E-state index in [1.165, 1.54) is 0 Å². The number of amides is 1. The summed E-state index contributed by atoms with van der Waals surface area (Å²) in [6, 6.07) is 14.8. The molecule has 172 valence electrons. The van der Waals surface area contributed by atoms with Gasteiger partial charge in [-0.05, 0) is 67.6 Å². The number of nitrogens with zero attached hydrogens (tertiary/aromatic N) is 3. The first-order valence-corrected chi connectivity index (χ1v) is 11.5. The summed E-state index contributed by atoms with van der Waals surface area (Å²) in [6.45, 7) is 7.20. The van der Waals surface area contributed by atoms with Gasteiger partial charge in [0.15, 0.2) is 5.82 Å². The monoisotopic (exact) mass is 446 g/mol. The molecule has 1 N–H and O–H groups in total. The quantitative estimate of drug-likeness (QED) is 0.534. The molecule has 1 aromatic heterocycles. The summed E-state index contributed by atoms with van der Waals surface area (Å²) in [5, 5.41) is 2.94. The van der Waals surface area contributed by atoms with Crippen LogP contribution in [0.15, 0.2) is 60.9 Å². The molecule has 7 nitrogen and oxygen atoms in total. The van der Waals surface area contributed by atoms with E-state index in [4.69, 9.17) is 9.47 Å². The molecule has 0 saturated carbocycles. The van der Waals surface area contributed by atoms with E-state index in [9.17, 15) is 4.79 Å². The number of piperidine rings is 1. The SMILES string of the molecule is CCOc1ccc(CNC(=O)c2ccc(Oc3nccnc3N3CCC(C)CC3)cc2)cc1. The highest BCUT2D eigenvalue weighted by Gasteiger charge is 2.21. The van der Waals surface area contributed by atoms with E-state index < -0.39 is 0 Å². The maximum Gasteiger partial charge on any atom is 0.263 e. The summed E-state index contributed by atoms with van der Waals surface area (Å²) in [5.74, 6) is 3.28. The van der Waals surface area contributed by atoms with Crippen molar-refractivity contribution in [1.82, 2.24) is 15.3 Å².